The van der Waals surface area contributed by atoms with Gasteiger partial charge in [0.2, 0.25) is 0 Å². The minimum absolute atomic E-state index is 0.149. The van der Waals surface area contributed by atoms with Crippen LogP contribution in [-0.2, 0) is 13.6 Å². The third kappa shape index (κ3) is 3.27. The molecule has 1 aromatic carbocycles. The minimum Gasteiger partial charge on any atom is -0.434 e. The number of nitrogens with zero attached hydrogens (tertiary/aromatic N) is 4. The number of nitrogens with one attached hydrogen (secondary N) is 1. The van der Waals surface area contributed by atoms with Crippen LogP contribution in [0.1, 0.15) is 17.0 Å². The Kier molecular flexibility index (Phi) is 4.28. The van der Waals surface area contributed by atoms with E-state index in [4.69, 9.17) is 0 Å². The van der Waals surface area contributed by atoms with Gasteiger partial charge in [0.25, 0.3) is 0 Å². The maximum absolute atomic E-state index is 12.6. The predicted molar refractivity (Wildman–Crippen MR) is 86.2 cm³/mol. The van der Waals surface area contributed by atoms with Gasteiger partial charge in [-0.1, -0.05) is 17.7 Å². The summed E-state index contributed by atoms with van der Waals surface area (Å²) in [5.41, 5.74) is 2.29. The van der Waals surface area contributed by atoms with Crippen LogP contribution in [0.2, 0.25) is 0 Å². The second-order valence-electron chi connectivity index (χ2n) is 5.47. The van der Waals surface area contributed by atoms with Crippen molar-refractivity contribution in [3.63, 3.8) is 0 Å². The number of alkyl halides is 2. The van der Waals surface area contributed by atoms with Gasteiger partial charge in [-0.2, -0.15) is 13.9 Å². The average Bonchev–Trinajstić information content (AvgIpc) is 2.88. The molecule has 3 aromatic rings. The average molecular weight is 333 g/mol. The Balaban J connectivity index is 1.90. The summed E-state index contributed by atoms with van der Waals surface area (Å²) in [5, 5.41) is 8.11. The van der Waals surface area contributed by atoms with Crippen LogP contribution in [0.5, 0.6) is 5.75 Å². The highest BCUT2D eigenvalue weighted by Crippen LogP contribution is 2.25. The first-order chi connectivity index (χ1) is 11.4. The van der Waals surface area contributed by atoms with Crippen molar-refractivity contribution in [1.82, 2.24) is 19.7 Å². The quantitative estimate of drug-likeness (QED) is 0.777. The highest BCUT2D eigenvalue weighted by molar-refractivity contribution is 5.86. The highest BCUT2D eigenvalue weighted by atomic mass is 19.3. The largest absolute Gasteiger partial charge is 0.434 e. The SMILES string of the molecule is Cc1ccc(OC(F)F)c(CNc2nc(C)nc3c2cnn3C)c1. The molecule has 0 bridgehead atoms. The Morgan fingerprint density at radius 1 is 1.25 bits per heavy atom. The van der Waals surface area contributed by atoms with Crippen LogP contribution in [0.25, 0.3) is 11.0 Å². The second-order valence-corrected chi connectivity index (χ2v) is 5.47. The van der Waals surface area contributed by atoms with Gasteiger partial charge in [0.1, 0.15) is 17.4 Å². The number of hydrogen-bond acceptors (Lipinski definition) is 5. The smallest absolute Gasteiger partial charge is 0.387 e. The number of rotatable bonds is 5. The number of hydrogen-bond donors (Lipinski definition) is 1. The van der Waals surface area contributed by atoms with Gasteiger partial charge < -0.3 is 10.1 Å². The van der Waals surface area contributed by atoms with Crippen LogP contribution < -0.4 is 10.1 Å². The van der Waals surface area contributed by atoms with E-state index < -0.39 is 6.61 Å². The zero-order chi connectivity index (χ0) is 17.3. The topological polar surface area (TPSA) is 64.9 Å². The molecular weight excluding hydrogens is 316 g/mol. The molecule has 0 radical (unpaired) electrons. The van der Waals surface area contributed by atoms with Gasteiger partial charge in [-0.3, -0.25) is 4.68 Å². The molecule has 2 aromatic heterocycles. The lowest BCUT2D eigenvalue weighted by Crippen LogP contribution is -2.09. The number of benzene rings is 1. The third-order valence-corrected chi connectivity index (χ3v) is 3.58. The van der Waals surface area contributed by atoms with Crippen molar-refractivity contribution in [2.75, 3.05) is 5.32 Å². The van der Waals surface area contributed by atoms with E-state index in [1.54, 1.807) is 43.0 Å². The summed E-state index contributed by atoms with van der Waals surface area (Å²) in [6, 6.07) is 5.08. The third-order valence-electron chi connectivity index (χ3n) is 3.58. The lowest BCUT2D eigenvalue weighted by Gasteiger charge is -2.13. The predicted octanol–water partition coefficient (Wildman–Crippen LogP) is 3.19. The van der Waals surface area contributed by atoms with Crippen LogP contribution >= 0.6 is 0 Å². The van der Waals surface area contributed by atoms with E-state index in [1.807, 2.05) is 6.92 Å². The molecular formula is C16H17F2N5O. The molecule has 1 N–H and O–H groups in total. The number of halogens is 2. The summed E-state index contributed by atoms with van der Waals surface area (Å²) in [7, 11) is 1.80. The molecule has 2 heterocycles. The lowest BCUT2D eigenvalue weighted by molar-refractivity contribution is -0.0504. The molecule has 24 heavy (non-hydrogen) atoms. The fourth-order valence-corrected chi connectivity index (χ4v) is 2.50. The molecule has 0 spiro atoms. The first kappa shape index (κ1) is 16.1. The van der Waals surface area contributed by atoms with Crippen molar-refractivity contribution in [1.29, 1.82) is 0 Å². The van der Waals surface area contributed by atoms with Crippen molar-refractivity contribution in [2.45, 2.75) is 27.0 Å². The van der Waals surface area contributed by atoms with Crippen LogP contribution in [0.4, 0.5) is 14.6 Å². The fourth-order valence-electron chi connectivity index (χ4n) is 2.50. The summed E-state index contributed by atoms with van der Waals surface area (Å²) < 4.78 is 31.3. The molecule has 0 amide bonds. The Morgan fingerprint density at radius 2 is 2.04 bits per heavy atom. The van der Waals surface area contributed by atoms with Crippen LogP contribution in [0.3, 0.4) is 0 Å². The van der Waals surface area contributed by atoms with E-state index in [0.717, 1.165) is 10.9 Å². The van der Waals surface area contributed by atoms with Crippen molar-refractivity contribution < 1.29 is 13.5 Å². The number of aryl methyl sites for hydroxylation is 3. The molecule has 126 valence electrons. The molecule has 0 aliphatic rings. The van der Waals surface area contributed by atoms with Gasteiger partial charge >= 0.3 is 6.61 Å². The van der Waals surface area contributed by atoms with Gasteiger partial charge in [0, 0.05) is 19.2 Å². The molecule has 6 nitrogen and oxygen atoms in total. The summed E-state index contributed by atoms with van der Waals surface area (Å²) >= 11 is 0. The monoisotopic (exact) mass is 333 g/mol. The molecule has 0 fully saturated rings. The highest BCUT2D eigenvalue weighted by Gasteiger charge is 2.13. The molecule has 3 rings (SSSR count). The van der Waals surface area contributed by atoms with Crippen LogP contribution in [-0.4, -0.2) is 26.4 Å². The Hall–Kier alpha value is -2.77. The Morgan fingerprint density at radius 3 is 2.79 bits per heavy atom. The molecule has 0 saturated carbocycles. The fraction of sp³-hybridized carbons (Fsp3) is 0.312. The molecule has 0 aliphatic heterocycles. The van der Waals surface area contributed by atoms with Crippen LogP contribution in [0.15, 0.2) is 24.4 Å². The van der Waals surface area contributed by atoms with Gasteiger partial charge in [-0.25, -0.2) is 9.97 Å². The normalized spacial score (nSPS) is 11.2. The second kappa shape index (κ2) is 6.38. The zero-order valence-corrected chi connectivity index (χ0v) is 13.5. The molecule has 8 heteroatoms. The molecule has 0 unspecified atom stereocenters. The summed E-state index contributed by atoms with van der Waals surface area (Å²) in [6.07, 6.45) is 1.67. The summed E-state index contributed by atoms with van der Waals surface area (Å²) in [4.78, 5) is 8.73. The number of anilines is 1. The van der Waals surface area contributed by atoms with E-state index >= 15 is 0 Å². The van der Waals surface area contributed by atoms with Gasteiger partial charge in [0.05, 0.1) is 11.6 Å². The van der Waals surface area contributed by atoms with Gasteiger partial charge in [0.15, 0.2) is 5.65 Å². The summed E-state index contributed by atoms with van der Waals surface area (Å²) in [5.74, 6) is 1.35. The minimum atomic E-state index is -2.86. The van der Waals surface area contributed by atoms with Crippen molar-refractivity contribution in [3.8, 4) is 5.75 Å². The van der Waals surface area contributed by atoms with Crippen molar-refractivity contribution in [3.05, 3.63) is 41.3 Å². The maximum Gasteiger partial charge on any atom is 0.387 e. The first-order valence-corrected chi connectivity index (χ1v) is 7.38. The summed E-state index contributed by atoms with van der Waals surface area (Å²) in [6.45, 7) is 1.11. The number of fused-ring (bicyclic) bond motifs is 1. The van der Waals surface area contributed by atoms with E-state index in [9.17, 15) is 8.78 Å². The van der Waals surface area contributed by atoms with E-state index in [1.165, 1.54) is 0 Å². The van der Waals surface area contributed by atoms with Gasteiger partial charge in [-0.15, -0.1) is 0 Å². The van der Waals surface area contributed by atoms with Crippen molar-refractivity contribution >= 4 is 16.9 Å². The van der Waals surface area contributed by atoms with Crippen LogP contribution in [0, 0.1) is 13.8 Å². The zero-order valence-electron chi connectivity index (χ0n) is 13.5. The standard InChI is InChI=1S/C16H17F2N5O/c1-9-4-5-13(24-16(17)18)11(6-9)7-19-14-12-8-20-23(3)15(12)22-10(2)21-14/h4-6,8,16H,7H2,1-3H3,(H,19,21,22). The van der Waals surface area contributed by atoms with E-state index in [2.05, 4.69) is 25.1 Å². The maximum atomic E-state index is 12.6. The van der Waals surface area contributed by atoms with Gasteiger partial charge in [-0.05, 0) is 19.9 Å². The van der Waals surface area contributed by atoms with E-state index in [-0.39, 0.29) is 5.75 Å². The lowest BCUT2D eigenvalue weighted by atomic mass is 10.1. The number of ether oxygens (including phenoxy) is 1. The molecule has 0 atom stereocenters. The molecule has 0 aliphatic carbocycles. The molecule has 0 saturated heterocycles. The van der Waals surface area contributed by atoms with Crippen molar-refractivity contribution in [2.24, 2.45) is 7.05 Å². The van der Waals surface area contributed by atoms with E-state index in [0.29, 0.717) is 29.4 Å². The first-order valence-electron chi connectivity index (χ1n) is 7.38. The Labute approximate surface area is 137 Å². The Bertz CT molecular complexity index is 878. The number of aromatic nitrogens is 4.